The van der Waals surface area contributed by atoms with E-state index in [9.17, 15) is 0 Å². The number of ether oxygens (including phenoxy) is 1. The van der Waals surface area contributed by atoms with Gasteiger partial charge in [0.1, 0.15) is 5.82 Å². The van der Waals surface area contributed by atoms with Crippen molar-refractivity contribution in [2.45, 2.75) is 26.2 Å². The van der Waals surface area contributed by atoms with Crippen LogP contribution < -0.4 is 5.32 Å². The molecular weight excluding hydrogens is 200 g/mol. The number of rotatable bonds is 7. The molecule has 16 heavy (non-hydrogen) atoms. The van der Waals surface area contributed by atoms with Gasteiger partial charge in [-0.2, -0.15) is 0 Å². The lowest BCUT2D eigenvalue weighted by molar-refractivity contribution is 0.124. The van der Waals surface area contributed by atoms with Crippen LogP contribution in [0.4, 0.5) is 5.82 Å². The Hall–Kier alpha value is -1.09. The zero-order chi connectivity index (χ0) is 11.2. The Morgan fingerprint density at radius 2 is 2.38 bits per heavy atom. The number of hydrogen-bond acceptors (Lipinski definition) is 3. The summed E-state index contributed by atoms with van der Waals surface area (Å²) in [4.78, 5) is 4.24. The number of nitrogens with zero attached hydrogens (tertiary/aromatic N) is 1. The van der Waals surface area contributed by atoms with Crippen LogP contribution in [0.5, 0.6) is 0 Å². The maximum Gasteiger partial charge on any atom is 0.126 e. The third kappa shape index (κ3) is 4.19. The van der Waals surface area contributed by atoms with E-state index in [0.717, 1.165) is 37.9 Å². The Kier molecular flexibility index (Phi) is 4.17. The summed E-state index contributed by atoms with van der Waals surface area (Å²) in [6, 6.07) is 4.06. The number of nitrogens with one attached hydrogen (secondary N) is 1. The summed E-state index contributed by atoms with van der Waals surface area (Å²) in [5.41, 5.74) is 1.24. The Labute approximate surface area is 97.2 Å². The lowest BCUT2D eigenvalue weighted by Crippen LogP contribution is -2.07. The molecule has 0 radical (unpaired) electrons. The van der Waals surface area contributed by atoms with Crippen molar-refractivity contribution in [2.24, 2.45) is 5.92 Å². The summed E-state index contributed by atoms with van der Waals surface area (Å²) in [5, 5.41) is 3.30. The average molecular weight is 220 g/mol. The minimum absolute atomic E-state index is 0.856. The van der Waals surface area contributed by atoms with Crippen molar-refractivity contribution in [3.8, 4) is 0 Å². The van der Waals surface area contributed by atoms with Crippen molar-refractivity contribution in [3.05, 3.63) is 23.9 Å². The molecule has 1 heterocycles. The molecule has 1 aromatic heterocycles. The van der Waals surface area contributed by atoms with Crippen LogP contribution in [0.15, 0.2) is 18.3 Å². The molecule has 3 heteroatoms. The second kappa shape index (κ2) is 5.85. The third-order valence-corrected chi connectivity index (χ3v) is 2.74. The zero-order valence-corrected chi connectivity index (χ0v) is 9.91. The molecule has 2 rings (SSSR count). The van der Waals surface area contributed by atoms with Crippen molar-refractivity contribution in [1.82, 2.24) is 4.98 Å². The molecule has 1 fully saturated rings. The first kappa shape index (κ1) is 11.4. The molecule has 1 aliphatic carbocycles. The molecule has 3 nitrogen and oxygen atoms in total. The van der Waals surface area contributed by atoms with Crippen molar-refractivity contribution < 1.29 is 4.74 Å². The van der Waals surface area contributed by atoms with Crippen LogP contribution in [-0.2, 0) is 4.74 Å². The van der Waals surface area contributed by atoms with Gasteiger partial charge < -0.3 is 10.1 Å². The van der Waals surface area contributed by atoms with E-state index in [0.29, 0.717) is 0 Å². The highest BCUT2D eigenvalue weighted by molar-refractivity contribution is 5.36. The molecule has 0 atom stereocenters. The Bertz CT molecular complexity index is 323. The normalized spacial score (nSPS) is 15.1. The van der Waals surface area contributed by atoms with E-state index in [1.54, 1.807) is 0 Å². The molecule has 0 amide bonds. The molecular formula is C13H20N2O. The standard InChI is InChI=1S/C13H20N2O/c1-11-5-7-15-13(9-11)14-6-2-8-16-10-12-3-4-12/h5,7,9,12H,2-4,6,8,10H2,1H3,(H,14,15). The predicted molar refractivity (Wildman–Crippen MR) is 65.6 cm³/mol. The summed E-state index contributed by atoms with van der Waals surface area (Å²) in [6.07, 6.45) is 5.61. The summed E-state index contributed by atoms with van der Waals surface area (Å²) >= 11 is 0. The highest BCUT2D eigenvalue weighted by Crippen LogP contribution is 2.28. The van der Waals surface area contributed by atoms with Crippen LogP contribution in [0.25, 0.3) is 0 Å². The van der Waals surface area contributed by atoms with E-state index in [1.807, 2.05) is 12.3 Å². The Morgan fingerprint density at radius 3 is 3.12 bits per heavy atom. The van der Waals surface area contributed by atoms with Crippen LogP contribution in [-0.4, -0.2) is 24.7 Å². The van der Waals surface area contributed by atoms with Gasteiger partial charge in [-0.05, 0) is 49.8 Å². The topological polar surface area (TPSA) is 34.2 Å². The Balaban J connectivity index is 1.53. The van der Waals surface area contributed by atoms with Gasteiger partial charge in [0.2, 0.25) is 0 Å². The highest BCUT2D eigenvalue weighted by Gasteiger charge is 2.20. The number of pyridine rings is 1. The van der Waals surface area contributed by atoms with Gasteiger partial charge in [0.25, 0.3) is 0 Å². The van der Waals surface area contributed by atoms with Gasteiger partial charge in [-0.3, -0.25) is 0 Å². The van der Waals surface area contributed by atoms with Crippen molar-refractivity contribution in [2.75, 3.05) is 25.1 Å². The van der Waals surface area contributed by atoms with Gasteiger partial charge in [-0.15, -0.1) is 0 Å². The zero-order valence-electron chi connectivity index (χ0n) is 9.91. The smallest absolute Gasteiger partial charge is 0.126 e. The fraction of sp³-hybridized carbons (Fsp3) is 0.615. The number of aromatic nitrogens is 1. The summed E-state index contributed by atoms with van der Waals surface area (Å²) in [6.45, 7) is 4.82. The van der Waals surface area contributed by atoms with E-state index in [4.69, 9.17) is 4.74 Å². The first-order chi connectivity index (χ1) is 7.84. The number of anilines is 1. The van der Waals surface area contributed by atoms with E-state index in [2.05, 4.69) is 23.3 Å². The molecule has 1 N–H and O–H groups in total. The van der Waals surface area contributed by atoms with Crippen molar-refractivity contribution in [3.63, 3.8) is 0 Å². The molecule has 1 aromatic rings. The first-order valence-corrected chi connectivity index (χ1v) is 6.09. The average Bonchev–Trinajstić information content (AvgIpc) is 3.07. The van der Waals surface area contributed by atoms with Crippen LogP contribution in [0.3, 0.4) is 0 Å². The highest BCUT2D eigenvalue weighted by atomic mass is 16.5. The van der Waals surface area contributed by atoms with E-state index in [-0.39, 0.29) is 0 Å². The van der Waals surface area contributed by atoms with Gasteiger partial charge in [0, 0.05) is 26.0 Å². The number of aryl methyl sites for hydroxylation is 1. The van der Waals surface area contributed by atoms with Gasteiger partial charge in [0.05, 0.1) is 0 Å². The van der Waals surface area contributed by atoms with Gasteiger partial charge in [-0.1, -0.05) is 0 Å². The second-order valence-corrected chi connectivity index (χ2v) is 4.52. The Morgan fingerprint density at radius 1 is 1.50 bits per heavy atom. The monoisotopic (exact) mass is 220 g/mol. The molecule has 0 unspecified atom stereocenters. The number of hydrogen-bond donors (Lipinski definition) is 1. The lowest BCUT2D eigenvalue weighted by Gasteiger charge is -2.06. The van der Waals surface area contributed by atoms with Crippen LogP contribution in [0.1, 0.15) is 24.8 Å². The largest absolute Gasteiger partial charge is 0.381 e. The van der Waals surface area contributed by atoms with Crippen LogP contribution in [0.2, 0.25) is 0 Å². The molecule has 0 aliphatic heterocycles. The maximum atomic E-state index is 5.56. The van der Waals surface area contributed by atoms with Crippen LogP contribution >= 0.6 is 0 Å². The van der Waals surface area contributed by atoms with Gasteiger partial charge in [-0.25, -0.2) is 4.98 Å². The molecule has 88 valence electrons. The minimum atomic E-state index is 0.856. The van der Waals surface area contributed by atoms with Gasteiger partial charge >= 0.3 is 0 Å². The second-order valence-electron chi connectivity index (χ2n) is 4.52. The lowest BCUT2D eigenvalue weighted by atomic mass is 10.3. The fourth-order valence-electron chi connectivity index (χ4n) is 1.56. The summed E-state index contributed by atoms with van der Waals surface area (Å²) in [5.74, 6) is 1.83. The molecule has 0 saturated heterocycles. The minimum Gasteiger partial charge on any atom is -0.381 e. The summed E-state index contributed by atoms with van der Waals surface area (Å²) in [7, 11) is 0. The van der Waals surface area contributed by atoms with Gasteiger partial charge in [0.15, 0.2) is 0 Å². The molecule has 1 aliphatic rings. The molecule has 0 aromatic carbocycles. The van der Waals surface area contributed by atoms with E-state index >= 15 is 0 Å². The molecule has 0 spiro atoms. The quantitative estimate of drug-likeness (QED) is 0.717. The van der Waals surface area contributed by atoms with Crippen molar-refractivity contribution in [1.29, 1.82) is 0 Å². The summed E-state index contributed by atoms with van der Waals surface area (Å²) < 4.78 is 5.56. The third-order valence-electron chi connectivity index (χ3n) is 2.74. The van der Waals surface area contributed by atoms with Crippen molar-refractivity contribution >= 4 is 5.82 Å². The predicted octanol–water partition coefficient (Wildman–Crippen LogP) is 2.62. The van der Waals surface area contributed by atoms with E-state index < -0.39 is 0 Å². The molecule has 0 bridgehead atoms. The fourth-order valence-corrected chi connectivity index (χ4v) is 1.56. The van der Waals surface area contributed by atoms with E-state index in [1.165, 1.54) is 18.4 Å². The first-order valence-electron chi connectivity index (χ1n) is 6.09. The molecule has 1 saturated carbocycles. The maximum absolute atomic E-state index is 5.56. The SMILES string of the molecule is Cc1ccnc(NCCCOCC2CC2)c1. The van der Waals surface area contributed by atoms with Crippen LogP contribution in [0, 0.1) is 12.8 Å².